The van der Waals surface area contributed by atoms with Crippen molar-refractivity contribution in [3.63, 3.8) is 0 Å². The van der Waals surface area contributed by atoms with Crippen LogP contribution in [0.2, 0.25) is 0 Å². The Morgan fingerprint density at radius 1 is 1.29 bits per heavy atom. The van der Waals surface area contributed by atoms with Crippen molar-refractivity contribution >= 4 is 11.7 Å². The number of nitrogens with zero attached hydrogens (tertiary/aromatic N) is 1. The first-order valence-electron chi connectivity index (χ1n) is 7.77. The van der Waals surface area contributed by atoms with Crippen molar-refractivity contribution in [3.05, 3.63) is 29.8 Å². The molecule has 0 saturated carbocycles. The summed E-state index contributed by atoms with van der Waals surface area (Å²) in [5, 5.41) is 5.82. The van der Waals surface area contributed by atoms with Gasteiger partial charge in [-0.1, -0.05) is 19.1 Å². The molecule has 1 aliphatic rings. The Morgan fingerprint density at radius 3 is 2.52 bits per heavy atom. The first-order chi connectivity index (χ1) is 10.2. The first-order valence-corrected chi connectivity index (χ1v) is 7.77. The number of benzene rings is 1. The highest BCUT2D eigenvalue weighted by Crippen LogP contribution is 2.16. The van der Waals surface area contributed by atoms with Gasteiger partial charge in [-0.3, -0.25) is 0 Å². The number of nitrogens with one attached hydrogen (secondary N) is 2. The third kappa shape index (κ3) is 5.02. The summed E-state index contributed by atoms with van der Waals surface area (Å²) in [5.41, 5.74) is 7.40. The summed E-state index contributed by atoms with van der Waals surface area (Å²) in [5.74, 6) is 0.596. The van der Waals surface area contributed by atoms with E-state index in [4.69, 9.17) is 5.73 Å². The third-order valence-electron chi connectivity index (χ3n) is 4.15. The highest BCUT2D eigenvalue weighted by atomic mass is 16.2. The molecular formula is C16H26N4O. The molecule has 0 bridgehead atoms. The Labute approximate surface area is 126 Å². The summed E-state index contributed by atoms with van der Waals surface area (Å²) in [6.45, 7) is 6.88. The standard InChI is InChI=1S/C16H26N4O/c1-2-20-9-7-14(8-10-20)12-18-16(21)19-15-5-3-13(11-17)4-6-15/h3-6,14H,2,7-12,17H2,1H3,(H2,18,19,21). The van der Waals surface area contributed by atoms with Gasteiger partial charge < -0.3 is 21.3 Å². The third-order valence-corrected chi connectivity index (χ3v) is 4.15. The Kier molecular flexibility index (Phi) is 6.02. The lowest BCUT2D eigenvalue weighted by atomic mass is 9.97. The topological polar surface area (TPSA) is 70.4 Å². The van der Waals surface area contributed by atoms with E-state index in [1.54, 1.807) is 0 Å². The molecule has 1 aromatic rings. The quantitative estimate of drug-likeness (QED) is 0.777. The van der Waals surface area contributed by atoms with Crippen LogP contribution >= 0.6 is 0 Å². The maximum Gasteiger partial charge on any atom is 0.319 e. The van der Waals surface area contributed by atoms with E-state index in [-0.39, 0.29) is 6.03 Å². The molecule has 116 valence electrons. The van der Waals surface area contributed by atoms with Crippen molar-refractivity contribution in [1.29, 1.82) is 0 Å². The smallest absolute Gasteiger partial charge is 0.319 e. The molecule has 2 amide bonds. The molecular weight excluding hydrogens is 264 g/mol. The number of rotatable bonds is 5. The molecule has 0 atom stereocenters. The number of hydrogen-bond acceptors (Lipinski definition) is 3. The van der Waals surface area contributed by atoms with Gasteiger partial charge in [-0.15, -0.1) is 0 Å². The summed E-state index contributed by atoms with van der Waals surface area (Å²) in [6, 6.07) is 7.48. The van der Waals surface area contributed by atoms with Gasteiger partial charge in [0.2, 0.25) is 0 Å². The van der Waals surface area contributed by atoms with Crippen molar-refractivity contribution in [3.8, 4) is 0 Å². The van der Waals surface area contributed by atoms with Gasteiger partial charge in [0.05, 0.1) is 0 Å². The molecule has 1 saturated heterocycles. The Morgan fingerprint density at radius 2 is 1.95 bits per heavy atom. The number of carbonyl (C=O) groups excluding carboxylic acids is 1. The minimum atomic E-state index is -0.131. The summed E-state index contributed by atoms with van der Waals surface area (Å²) in [7, 11) is 0. The highest BCUT2D eigenvalue weighted by molar-refractivity contribution is 5.89. The van der Waals surface area contributed by atoms with E-state index in [1.165, 1.54) is 12.8 Å². The first kappa shape index (κ1) is 15.8. The Bertz CT molecular complexity index is 438. The SMILES string of the molecule is CCN1CCC(CNC(=O)Nc2ccc(CN)cc2)CC1. The molecule has 1 aliphatic heterocycles. The zero-order valence-corrected chi connectivity index (χ0v) is 12.8. The maximum atomic E-state index is 11.9. The van der Waals surface area contributed by atoms with Gasteiger partial charge >= 0.3 is 6.03 Å². The average Bonchev–Trinajstić information content (AvgIpc) is 2.54. The normalized spacial score (nSPS) is 16.7. The van der Waals surface area contributed by atoms with Crippen LogP contribution in [0.1, 0.15) is 25.3 Å². The minimum Gasteiger partial charge on any atom is -0.338 e. The predicted octanol–water partition coefficient (Wildman–Crippen LogP) is 2.00. The van der Waals surface area contributed by atoms with E-state index in [2.05, 4.69) is 22.5 Å². The van der Waals surface area contributed by atoms with Crippen molar-refractivity contribution in [2.75, 3.05) is 31.5 Å². The van der Waals surface area contributed by atoms with Crippen molar-refractivity contribution < 1.29 is 4.79 Å². The number of urea groups is 1. The van der Waals surface area contributed by atoms with Gasteiger partial charge in [0.15, 0.2) is 0 Å². The zero-order chi connectivity index (χ0) is 15.1. The second-order valence-corrected chi connectivity index (χ2v) is 5.61. The lowest BCUT2D eigenvalue weighted by molar-refractivity contribution is 0.190. The van der Waals surface area contributed by atoms with Crippen LogP contribution < -0.4 is 16.4 Å². The molecule has 0 aliphatic carbocycles. The summed E-state index contributed by atoms with van der Waals surface area (Å²) < 4.78 is 0. The van der Waals surface area contributed by atoms with Gasteiger partial charge in [0.25, 0.3) is 0 Å². The van der Waals surface area contributed by atoms with Crippen LogP contribution in [0.15, 0.2) is 24.3 Å². The second kappa shape index (κ2) is 8.00. The summed E-state index contributed by atoms with van der Waals surface area (Å²) in [4.78, 5) is 14.3. The van der Waals surface area contributed by atoms with Crippen LogP contribution in [0, 0.1) is 5.92 Å². The number of carbonyl (C=O) groups is 1. The number of anilines is 1. The van der Waals surface area contributed by atoms with E-state index in [0.717, 1.165) is 37.4 Å². The molecule has 5 nitrogen and oxygen atoms in total. The maximum absolute atomic E-state index is 11.9. The molecule has 2 rings (SSSR count). The fraction of sp³-hybridized carbons (Fsp3) is 0.562. The fourth-order valence-corrected chi connectivity index (χ4v) is 2.64. The molecule has 1 aromatic carbocycles. The van der Waals surface area contributed by atoms with Crippen LogP contribution in [0.25, 0.3) is 0 Å². The lowest BCUT2D eigenvalue weighted by Gasteiger charge is -2.31. The van der Waals surface area contributed by atoms with E-state index >= 15 is 0 Å². The molecule has 1 heterocycles. The summed E-state index contributed by atoms with van der Waals surface area (Å²) in [6.07, 6.45) is 2.33. The van der Waals surface area contributed by atoms with E-state index in [9.17, 15) is 4.79 Å². The number of piperidine rings is 1. The largest absolute Gasteiger partial charge is 0.338 e. The number of nitrogens with two attached hydrogens (primary N) is 1. The molecule has 4 N–H and O–H groups in total. The number of amides is 2. The van der Waals surface area contributed by atoms with Crippen molar-refractivity contribution in [1.82, 2.24) is 10.2 Å². The van der Waals surface area contributed by atoms with Crippen molar-refractivity contribution in [2.24, 2.45) is 11.7 Å². The molecule has 0 spiro atoms. The van der Waals surface area contributed by atoms with Crippen LogP contribution in [0.3, 0.4) is 0 Å². The van der Waals surface area contributed by atoms with Crippen molar-refractivity contribution in [2.45, 2.75) is 26.3 Å². The average molecular weight is 290 g/mol. The van der Waals surface area contributed by atoms with Gasteiger partial charge in [-0.05, 0) is 56.1 Å². The number of hydrogen-bond donors (Lipinski definition) is 3. The van der Waals surface area contributed by atoms with E-state index in [0.29, 0.717) is 12.5 Å². The number of likely N-dealkylation sites (tertiary alicyclic amines) is 1. The van der Waals surface area contributed by atoms with Crippen LogP contribution in [-0.2, 0) is 6.54 Å². The molecule has 0 unspecified atom stereocenters. The van der Waals surface area contributed by atoms with Gasteiger partial charge in [0, 0.05) is 18.8 Å². The van der Waals surface area contributed by atoms with Gasteiger partial charge in [-0.2, -0.15) is 0 Å². The Balaban J connectivity index is 1.69. The van der Waals surface area contributed by atoms with Gasteiger partial charge in [0.1, 0.15) is 0 Å². The highest BCUT2D eigenvalue weighted by Gasteiger charge is 2.18. The monoisotopic (exact) mass is 290 g/mol. The second-order valence-electron chi connectivity index (χ2n) is 5.61. The Hall–Kier alpha value is -1.59. The molecule has 1 fully saturated rings. The minimum absolute atomic E-state index is 0.131. The lowest BCUT2D eigenvalue weighted by Crippen LogP contribution is -2.39. The fourth-order valence-electron chi connectivity index (χ4n) is 2.64. The van der Waals surface area contributed by atoms with Crippen LogP contribution in [0.5, 0.6) is 0 Å². The van der Waals surface area contributed by atoms with Crippen LogP contribution in [-0.4, -0.2) is 37.1 Å². The predicted molar refractivity (Wildman–Crippen MR) is 86.2 cm³/mol. The zero-order valence-electron chi connectivity index (χ0n) is 12.8. The van der Waals surface area contributed by atoms with Crippen LogP contribution in [0.4, 0.5) is 10.5 Å². The molecule has 5 heteroatoms. The van der Waals surface area contributed by atoms with Gasteiger partial charge in [-0.25, -0.2) is 4.79 Å². The molecule has 0 aromatic heterocycles. The van der Waals surface area contributed by atoms with E-state index in [1.807, 2.05) is 24.3 Å². The summed E-state index contributed by atoms with van der Waals surface area (Å²) >= 11 is 0. The molecule has 0 radical (unpaired) electrons. The molecule has 21 heavy (non-hydrogen) atoms. The van der Waals surface area contributed by atoms with E-state index < -0.39 is 0 Å².